The maximum absolute atomic E-state index is 11.8. The number of halogens is 1. The molecular weight excluding hydrogens is 324 g/mol. The Bertz CT molecular complexity index is 600. The molecule has 1 aromatic rings. The van der Waals surface area contributed by atoms with Gasteiger partial charge in [-0.15, -0.1) is 6.58 Å². The second kappa shape index (κ2) is 8.92. The Hall–Kier alpha value is -1.37. The molecule has 0 saturated carbocycles. The second-order valence-corrected chi connectivity index (χ2v) is 7.30. The van der Waals surface area contributed by atoms with E-state index in [1.165, 1.54) is 4.31 Å². The standard InChI is InChI=1S/C15H21ClN2O3S/c1-3-10-17-15(19)9-12-18(22(2,20)21)11-8-13-4-6-14(16)7-5-13/h3-7H,1,8-12H2,2H3,(H,17,19). The highest BCUT2D eigenvalue weighted by Gasteiger charge is 2.17. The number of amides is 1. The van der Waals surface area contributed by atoms with Crippen LogP contribution in [0, 0.1) is 0 Å². The van der Waals surface area contributed by atoms with Gasteiger partial charge in [-0.3, -0.25) is 4.79 Å². The summed E-state index contributed by atoms with van der Waals surface area (Å²) in [6, 6.07) is 7.26. The Labute approximate surface area is 137 Å². The maximum atomic E-state index is 11.8. The zero-order valence-electron chi connectivity index (χ0n) is 12.6. The molecule has 1 amide bonds. The van der Waals surface area contributed by atoms with Gasteiger partial charge in [0, 0.05) is 31.1 Å². The molecule has 7 heteroatoms. The van der Waals surface area contributed by atoms with Gasteiger partial charge in [0.25, 0.3) is 0 Å². The average molecular weight is 345 g/mol. The summed E-state index contributed by atoms with van der Waals surface area (Å²) in [6.07, 6.45) is 3.42. The molecule has 0 spiro atoms. The monoisotopic (exact) mass is 344 g/mol. The van der Waals surface area contributed by atoms with E-state index >= 15 is 0 Å². The van der Waals surface area contributed by atoms with E-state index < -0.39 is 10.0 Å². The lowest BCUT2D eigenvalue weighted by molar-refractivity contribution is -0.120. The topological polar surface area (TPSA) is 66.5 Å². The zero-order chi connectivity index (χ0) is 16.6. The first-order valence-electron chi connectivity index (χ1n) is 6.90. The van der Waals surface area contributed by atoms with Gasteiger partial charge in [-0.1, -0.05) is 29.8 Å². The van der Waals surface area contributed by atoms with E-state index in [0.717, 1.165) is 11.8 Å². The lowest BCUT2D eigenvalue weighted by Gasteiger charge is -2.19. The summed E-state index contributed by atoms with van der Waals surface area (Å²) in [5, 5.41) is 3.27. The van der Waals surface area contributed by atoms with Gasteiger partial charge in [0.05, 0.1) is 6.26 Å². The van der Waals surface area contributed by atoms with E-state index in [1.54, 1.807) is 18.2 Å². The third kappa shape index (κ3) is 7.06. The summed E-state index contributed by atoms with van der Waals surface area (Å²) >= 11 is 5.82. The van der Waals surface area contributed by atoms with Gasteiger partial charge in [-0.05, 0) is 24.1 Å². The fraction of sp³-hybridized carbons (Fsp3) is 0.400. The van der Waals surface area contributed by atoms with Crippen LogP contribution in [0.25, 0.3) is 0 Å². The van der Waals surface area contributed by atoms with Crippen LogP contribution in [0.15, 0.2) is 36.9 Å². The summed E-state index contributed by atoms with van der Waals surface area (Å²) in [5.41, 5.74) is 0.995. The van der Waals surface area contributed by atoms with Crippen LogP contribution >= 0.6 is 11.6 Å². The molecule has 0 saturated heterocycles. The minimum Gasteiger partial charge on any atom is -0.353 e. The number of carbonyl (C=O) groups is 1. The lowest BCUT2D eigenvalue weighted by Crippen LogP contribution is -2.36. The van der Waals surface area contributed by atoms with Crippen molar-refractivity contribution in [3.8, 4) is 0 Å². The van der Waals surface area contributed by atoms with Crippen molar-refractivity contribution in [3.05, 3.63) is 47.5 Å². The number of carbonyl (C=O) groups excluding carboxylic acids is 1. The minimum absolute atomic E-state index is 0.127. The van der Waals surface area contributed by atoms with E-state index in [9.17, 15) is 13.2 Å². The number of nitrogens with zero attached hydrogens (tertiary/aromatic N) is 1. The summed E-state index contributed by atoms with van der Waals surface area (Å²) in [4.78, 5) is 11.6. The Morgan fingerprint density at radius 1 is 1.32 bits per heavy atom. The third-order valence-electron chi connectivity index (χ3n) is 3.06. The van der Waals surface area contributed by atoms with Crippen molar-refractivity contribution in [1.29, 1.82) is 0 Å². The summed E-state index contributed by atoms with van der Waals surface area (Å²) in [6.45, 7) is 4.37. The molecule has 0 aromatic heterocycles. The van der Waals surface area contributed by atoms with Crippen molar-refractivity contribution < 1.29 is 13.2 Å². The molecule has 0 aliphatic rings. The smallest absolute Gasteiger partial charge is 0.221 e. The van der Waals surface area contributed by atoms with Crippen LogP contribution in [0.1, 0.15) is 12.0 Å². The van der Waals surface area contributed by atoms with Gasteiger partial charge in [0.2, 0.25) is 15.9 Å². The predicted octanol–water partition coefficient (Wildman–Crippen LogP) is 1.84. The third-order valence-corrected chi connectivity index (χ3v) is 4.62. The van der Waals surface area contributed by atoms with Gasteiger partial charge in [0.1, 0.15) is 0 Å². The molecule has 22 heavy (non-hydrogen) atoms. The number of benzene rings is 1. The van der Waals surface area contributed by atoms with Crippen LogP contribution in [0.5, 0.6) is 0 Å². The van der Waals surface area contributed by atoms with Crippen molar-refractivity contribution >= 4 is 27.5 Å². The van der Waals surface area contributed by atoms with Crippen molar-refractivity contribution in [1.82, 2.24) is 9.62 Å². The van der Waals surface area contributed by atoms with E-state index in [1.807, 2.05) is 12.1 Å². The highest BCUT2D eigenvalue weighted by molar-refractivity contribution is 7.88. The molecule has 0 atom stereocenters. The van der Waals surface area contributed by atoms with Crippen LogP contribution in [-0.2, 0) is 21.2 Å². The summed E-state index contributed by atoms with van der Waals surface area (Å²) in [5.74, 6) is -0.194. The Morgan fingerprint density at radius 3 is 2.50 bits per heavy atom. The van der Waals surface area contributed by atoms with Crippen LogP contribution in [0.2, 0.25) is 5.02 Å². The fourth-order valence-corrected chi connectivity index (χ4v) is 2.82. The molecule has 0 fully saturated rings. The van der Waals surface area contributed by atoms with E-state index in [4.69, 9.17) is 11.6 Å². The second-order valence-electron chi connectivity index (χ2n) is 4.88. The number of hydrogen-bond donors (Lipinski definition) is 1. The van der Waals surface area contributed by atoms with Gasteiger partial charge < -0.3 is 5.32 Å². The number of nitrogens with one attached hydrogen (secondary N) is 1. The van der Waals surface area contributed by atoms with Gasteiger partial charge in [0.15, 0.2) is 0 Å². The number of sulfonamides is 1. The number of rotatable bonds is 9. The SMILES string of the molecule is C=CCNC(=O)CCN(CCc1ccc(Cl)cc1)S(C)(=O)=O. The lowest BCUT2D eigenvalue weighted by atomic mass is 10.1. The molecule has 0 aliphatic carbocycles. The molecule has 0 unspecified atom stereocenters. The maximum Gasteiger partial charge on any atom is 0.221 e. The van der Waals surface area contributed by atoms with Crippen LogP contribution < -0.4 is 5.32 Å². The van der Waals surface area contributed by atoms with Crippen LogP contribution in [-0.4, -0.2) is 44.5 Å². The number of hydrogen-bond acceptors (Lipinski definition) is 3. The Balaban J connectivity index is 2.56. The molecule has 1 N–H and O–H groups in total. The first kappa shape index (κ1) is 18.7. The quantitative estimate of drug-likeness (QED) is 0.695. The fourth-order valence-electron chi connectivity index (χ4n) is 1.85. The van der Waals surface area contributed by atoms with E-state index in [-0.39, 0.29) is 18.9 Å². The zero-order valence-corrected chi connectivity index (χ0v) is 14.2. The van der Waals surface area contributed by atoms with Crippen molar-refractivity contribution in [2.24, 2.45) is 0 Å². The Morgan fingerprint density at radius 2 is 1.95 bits per heavy atom. The molecule has 1 rings (SSSR count). The molecule has 0 aliphatic heterocycles. The highest BCUT2D eigenvalue weighted by atomic mass is 35.5. The van der Waals surface area contributed by atoms with Crippen LogP contribution in [0.3, 0.4) is 0 Å². The van der Waals surface area contributed by atoms with Gasteiger partial charge in [-0.2, -0.15) is 0 Å². The van der Waals surface area contributed by atoms with Crippen molar-refractivity contribution in [2.45, 2.75) is 12.8 Å². The normalized spacial score (nSPS) is 11.4. The van der Waals surface area contributed by atoms with Gasteiger partial charge >= 0.3 is 0 Å². The Kier molecular flexibility index (Phi) is 7.58. The van der Waals surface area contributed by atoms with Gasteiger partial charge in [-0.25, -0.2) is 12.7 Å². The first-order chi connectivity index (χ1) is 10.3. The summed E-state index contributed by atoms with van der Waals surface area (Å²) < 4.78 is 24.9. The molecule has 1 aromatic carbocycles. The molecule has 0 radical (unpaired) electrons. The van der Waals surface area contributed by atoms with E-state index in [2.05, 4.69) is 11.9 Å². The van der Waals surface area contributed by atoms with Crippen molar-refractivity contribution in [2.75, 3.05) is 25.9 Å². The minimum atomic E-state index is -3.35. The highest BCUT2D eigenvalue weighted by Crippen LogP contribution is 2.11. The molecule has 0 bridgehead atoms. The molecule has 5 nitrogen and oxygen atoms in total. The van der Waals surface area contributed by atoms with Crippen LogP contribution in [0.4, 0.5) is 0 Å². The largest absolute Gasteiger partial charge is 0.353 e. The first-order valence-corrected chi connectivity index (χ1v) is 9.12. The molecule has 122 valence electrons. The molecular formula is C15H21ClN2O3S. The van der Waals surface area contributed by atoms with Crippen molar-refractivity contribution in [3.63, 3.8) is 0 Å². The summed E-state index contributed by atoms with van der Waals surface area (Å²) in [7, 11) is -3.35. The van der Waals surface area contributed by atoms with E-state index in [0.29, 0.717) is 24.5 Å². The predicted molar refractivity (Wildman–Crippen MR) is 89.4 cm³/mol. The molecule has 0 heterocycles. The average Bonchev–Trinajstić information content (AvgIpc) is 2.45.